The minimum absolute atomic E-state index is 0.0772. The molecule has 0 unspecified atom stereocenters. The topological polar surface area (TPSA) is 37.3 Å². The van der Waals surface area contributed by atoms with Crippen LogP contribution in [-0.2, 0) is 17.9 Å². The zero-order chi connectivity index (χ0) is 14.6. The molecule has 0 fully saturated rings. The largest absolute Gasteiger partial charge is 0.342 e. The lowest BCUT2D eigenvalue weighted by atomic mass is 10.1. The average molecular weight is 265 g/mol. The molecule has 0 saturated carbocycles. The van der Waals surface area contributed by atoms with Crippen LogP contribution in [0.1, 0.15) is 40.3 Å². The minimum Gasteiger partial charge on any atom is -0.342 e. The zero-order valence-electron chi connectivity index (χ0n) is 13.0. The molecule has 0 radical (unpaired) electrons. The highest BCUT2D eigenvalue weighted by Gasteiger charge is 2.15. The molecule has 1 N–H and O–H groups in total. The van der Waals surface area contributed by atoms with Crippen molar-refractivity contribution in [2.75, 3.05) is 7.05 Å². The minimum atomic E-state index is 0.0772. The average Bonchev–Trinajstić information content (AvgIpc) is 2.71. The fraction of sp³-hybridized carbons (Fsp3) is 0.667. The first kappa shape index (κ1) is 15.8. The van der Waals surface area contributed by atoms with Gasteiger partial charge in [0.2, 0.25) is 5.91 Å². The van der Waals surface area contributed by atoms with Gasteiger partial charge in [-0.05, 0) is 46.8 Å². The molecule has 1 aromatic rings. The normalized spacial score (nSPS) is 11.9. The molecule has 1 aromatic heterocycles. The fourth-order valence-corrected chi connectivity index (χ4v) is 1.67. The van der Waals surface area contributed by atoms with Gasteiger partial charge in [-0.3, -0.25) is 4.79 Å². The molecule has 0 atom stereocenters. The highest BCUT2D eigenvalue weighted by molar-refractivity contribution is 5.76. The Balaban J connectivity index is 2.65. The molecular weight excluding hydrogens is 238 g/mol. The van der Waals surface area contributed by atoms with Gasteiger partial charge in [0.25, 0.3) is 0 Å². The van der Waals surface area contributed by atoms with Crippen molar-refractivity contribution in [3.8, 4) is 0 Å². The van der Waals surface area contributed by atoms with Gasteiger partial charge in [0.1, 0.15) is 6.54 Å². The molecule has 0 spiro atoms. The summed E-state index contributed by atoms with van der Waals surface area (Å²) >= 11 is 0. The van der Waals surface area contributed by atoms with E-state index in [2.05, 4.69) is 32.2 Å². The van der Waals surface area contributed by atoms with Gasteiger partial charge >= 0.3 is 0 Å². The number of nitrogens with zero attached hydrogens (tertiary/aromatic N) is 2. The molecule has 0 aliphatic carbocycles. The second-order valence-corrected chi connectivity index (χ2v) is 6.33. The standard InChI is InChI=1S/C15H27N3O/c1-12(2)17(6)14(19)11-18-9-7-8-13(18)10-16-15(3,4)5/h7-9,12,16H,10-11H2,1-6H3. The molecule has 1 amide bonds. The highest BCUT2D eigenvalue weighted by atomic mass is 16.2. The fourth-order valence-electron chi connectivity index (χ4n) is 1.67. The summed E-state index contributed by atoms with van der Waals surface area (Å²) in [5.41, 5.74) is 1.22. The number of nitrogens with one attached hydrogen (secondary N) is 1. The van der Waals surface area contributed by atoms with Gasteiger partial charge in [0.15, 0.2) is 0 Å². The molecule has 19 heavy (non-hydrogen) atoms. The van der Waals surface area contributed by atoms with E-state index in [9.17, 15) is 4.79 Å². The summed E-state index contributed by atoms with van der Waals surface area (Å²) in [4.78, 5) is 13.9. The maximum absolute atomic E-state index is 12.1. The maximum atomic E-state index is 12.1. The molecule has 0 bridgehead atoms. The van der Waals surface area contributed by atoms with Gasteiger partial charge in [-0.25, -0.2) is 0 Å². The van der Waals surface area contributed by atoms with E-state index in [0.29, 0.717) is 6.54 Å². The van der Waals surface area contributed by atoms with Crippen molar-refractivity contribution in [3.63, 3.8) is 0 Å². The lowest BCUT2D eigenvalue weighted by Crippen LogP contribution is -2.37. The van der Waals surface area contributed by atoms with Crippen molar-refractivity contribution < 1.29 is 4.79 Å². The van der Waals surface area contributed by atoms with Crippen molar-refractivity contribution in [1.29, 1.82) is 0 Å². The van der Waals surface area contributed by atoms with Gasteiger partial charge in [0.05, 0.1) is 0 Å². The molecule has 1 rings (SSSR count). The second kappa shape index (κ2) is 6.24. The van der Waals surface area contributed by atoms with Crippen LogP contribution in [0.4, 0.5) is 0 Å². The monoisotopic (exact) mass is 265 g/mol. The van der Waals surface area contributed by atoms with Gasteiger partial charge in [-0.15, -0.1) is 0 Å². The summed E-state index contributed by atoms with van der Waals surface area (Å²) in [6.07, 6.45) is 1.96. The van der Waals surface area contributed by atoms with Crippen LogP contribution in [0.15, 0.2) is 18.3 Å². The van der Waals surface area contributed by atoms with Crippen molar-refractivity contribution in [2.45, 2.75) is 59.3 Å². The van der Waals surface area contributed by atoms with Crippen LogP contribution in [0.2, 0.25) is 0 Å². The van der Waals surface area contributed by atoms with Gasteiger partial charge < -0.3 is 14.8 Å². The molecule has 1 heterocycles. The molecule has 0 aromatic carbocycles. The summed E-state index contributed by atoms with van der Waals surface area (Å²) in [7, 11) is 1.85. The van der Waals surface area contributed by atoms with Gasteiger partial charge in [-0.2, -0.15) is 0 Å². The lowest BCUT2D eigenvalue weighted by molar-refractivity contribution is -0.132. The number of likely N-dealkylation sites (N-methyl/N-ethyl adjacent to an activating group) is 1. The number of carbonyl (C=O) groups is 1. The van der Waals surface area contributed by atoms with Crippen molar-refractivity contribution in [3.05, 3.63) is 24.0 Å². The van der Waals surface area contributed by atoms with E-state index >= 15 is 0 Å². The van der Waals surface area contributed by atoms with Crippen LogP contribution in [-0.4, -0.2) is 34.0 Å². The van der Waals surface area contributed by atoms with Crippen molar-refractivity contribution in [2.24, 2.45) is 0 Å². The third-order valence-electron chi connectivity index (χ3n) is 3.20. The number of hydrogen-bond acceptors (Lipinski definition) is 2. The SMILES string of the molecule is CC(C)N(C)C(=O)Cn1cccc1CNC(C)(C)C. The quantitative estimate of drug-likeness (QED) is 0.886. The summed E-state index contributed by atoms with van der Waals surface area (Å²) < 4.78 is 2.01. The van der Waals surface area contributed by atoms with E-state index in [1.807, 2.05) is 37.7 Å². The molecule has 0 saturated heterocycles. The molecule has 4 heteroatoms. The summed E-state index contributed by atoms with van der Waals surface area (Å²) in [6.45, 7) is 11.6. The first-order valence-corrected chi connectivity index (χ1v) is 6.85. The molecule has 0 aliphatic rings. The highest BCUT2D eigenvalue weighted by Crippen LogP contribution is 2.07. The Morgan fingerprint density at radius 1 is 1.42 bits per heavy atom. The first-order chi connectivity index (χ1) is 8.70. The van der Waals surface area contributed by atoms with Crippen LogP contribution >= 0.6 is 0 Å². The third kappa shape index (κ3) is 5.07. The Labute approximate surface area is 116 Å². The van der Waals surface area contributed by atoms with Crippen LogP contribution < -0.4 is 5.32 Å². The lowest BCUT2D eigenvalue weighted by Gasteiger charge is -2.23. The Morgan fingerprint density at radius 3 is 2.58 bits per heavy atom. The zero-order valence-corrected chi connectivity index (χ0v) is 13.0. The number of aromatic nitrogens is 1. The second-order valence-electron chi connectivity index (χ2n) is 6.33. The summed E-state index contributed by atoms with van der Waals surface area (Å²) in [5.74, 6) is 0.142. The molecule has 108 valence electrons. The number of hydrogen-bond donors (Lipinski definition) is 1. The van der Waals surface area contributed by atoms with Gasteiger partial charge in [0, 0.05) is 37.1 Å². The predicted molar refractivity (Wildman–Crippen MR) is 78.9 cm³/mol. The number of carbonyl (C=O) groups excluding carboxylic acids is 1. The van der Waals surface area contributed by atoms with Gasteiger partial charge in [-0.1, -0.05) is 0 Å². The Hall–Kier alpha value is -1.29. The van der Waals surface area contributed by atoms with E-state index in [1.54, 1.807) is 4.90 Å². The smallest absolute Gasteiger partial charge is 0.242 e. The maximum Gasteiger partial charge on any atom is 0.242 e. The molecule has 0 aliphatic heterocycles. The molecule has 4 nitrogen and oxygen atoms in total. The number of amides is 1. The molecular formula is C15H27N3O. The van der Waals surface area contributed by atoms with E-state index in [0.717, 1.165) is 12.2 Å². The first-order valence-electron chi connectivity index (χ1n) is 6.85. The van der Waals surface area contributed by atoms with E-state index < -0.39 is 0 Å². The van der Waals surface area contributed by atoms with E-state index in [-0.39, 0.29) is 17.5 Å². The summed E-state index contributed by atoms with van der Waals surface area (Å²) in [6, 6.07) is 4.28. The van der Waals surface area contributed by atoms with E-state index in [1.165, 1.54) is 0 Å². The van der Waals surface area contributed by atoms with Crippen molar-refractivity contribution in [1.82, 2.24) is 14.8 Å². The van der Waals surface area contributed by atoms with Crippen LogP contribution in [0, 0.1) is 0 Å². The Morgan fingerprint density at radius 2 is 2.05 bits per heavy atom. The summed E-state index contributed by atoms with van der Waals surface area (Å²) in [5, 5.41) is 3.44. The Kier molecular flexibility index (Phi) is 5.18. The third-order valence-corrected chi connectivity index (χ3v) is 3.20. The van der Waals surface area contributed by atoms with E-state index in [4.69, 9.17) is 0 Å². The predicted octanol–water partition coefficient (Wildman–Crippen LogP) is 2.24. The Bertz CT molecular complexity index is 415. The van der Waals surface area contributed by atoms with Crippen LogP contribution in [0.3, 0.4) is 0 Å². The number of rotatable bonds is 5. The van der Waals surface area contributed by atoms with Crippen LogP contribution in [0.5, 0.6) is 0 Å². The van der Waals surface area contributed by atoms with Crippen LogP contribution in [0.25, 0.3) is 0 Å². The van der Waals surface area contributed by atoms with Crippen molar-refractivity contribution >= 4 is 5.91 Å².